The lowest BCUT2D eigenvalue weighted by Gasteiger charge is -1.99. The number of nitriles is 1. The molecule has 0 spiro atoms. The zero-order valence-electron chi connectivity index (χ0n) is 8.00. The molecule has 2 unspecified atom stereocenters. The Bertz CT molecular complexity index is 344. The summed E-state index contributed by atoms with van der Waals surface area (Å²) in [7, 11) is -6.26. The minimum Gasteiger partial charge on any atom is -0.201 e. The molecule has 0 bridgehead atoms. The van der Waals surface area contributed by atoms with Crippen molar-refractivity contribution >= 4 is 18.1 Å². The van der Waals surface area contributed by atoms with Gasteiger partial charge in [0, 0.05) is 0 Å². The van der Waals surface area contributed by atoms with Gasteiger partial charge in [-0.3, -0.25) is 0 Å². The Kier molecular flexibility index (Phi) is 5.16. The van der Waals surface area contributed by atoms with Crippen LogP contribution in [0.1, 0.15) is 13.8 Å². The van der Waals surface area contributed by atoms with Crippen LogP contribution in [-0.2, 0) is 23.4 Å². The highest BCUT2D eigenvalue weighted by molar-refractivity contribution is 7.86. The van der Waals surface area contributed by atoms with Gasteiger partial charge in [0.05, 0.1) is 6.26 Å². The van der Waals surface area contributed by atoms with Crippen molar-refractivity contribution in [3.8, 4) is 6.07 Å². The second kappa shape index (κ2) is 5.37. The van der Waals surface area contributed by atoms with Gasteiger partial charge in [-0.15, -0.1) is 4.52 Å². The summed E-state index contributed by atoms with van der Waals surface area (Å²) in [6.07, 6.45) is 0.410. The quantitative estimate of drug-likeness (QED) is 0.525. The fourth-order valence-electron chi connectivity index (χ4n) is 0.532. The van der Waals surface area contributed by atoms with E-state index in [0.717, 1.165) is 6.26 Å². The molecule has 6 nitrogen and oxygen atoms in total. The first kappa shape index (κ1) is 13.5. The standard InChI is InChI=1S/C6H11NO5PS/c1-5(2)11-13(8)6(4-7)12-14(3,9)10/h5-6H,1-3H3/q+1. The van der Waals surface area contributed by atoms with Gasteiger partial charge in [0.1, 0.15) is 6.10 Å². The van der Waals surface area contributed by atoms with E-state index < -0.39 is 24.0 Å². The van der Waals surface area contributed by atoms with E-state index in [9.17, 15) is 13.0 Å². The van der Waals surface area contributed by atoms with Gasteiger partial charge >= 0.3 is 13.9 Å². The van der Waals surface area contributed by atoms with Crippen LogP contribution in [0, 0.1) is 11.3 Å². The summed E-state index contributed by atoms with van der Waals surface area (Å²) in [5.41, 5.74) is 0. The average Bonchev–Trinajstić information content (AvgIpc) is 1.96. The fourth-order valence-corrected chi connectivity index (χ4v) is 2.28. The van der Waals surface area contributed by atoms with Crippen LogP contribution in [0.15, 0.2) is 0 Å². The second-order valence-electron chi connectivity index (χ2n) is 2.72. The van der Waals surface area contributed by atoms with Crippen molar-refractivity contribution in [2.45, 2.75) is 25.8 Å². The molecule has 0 heterocycles. The Hall–Kier alpha value is -0.540. The Morgan fingerprint density at radius 3 is 2.21 bits per heavy atom. The van der Waals surface area contributed by atoms with Gasteiger partial charge < -0.3 is 0 Å². The van der Waals surface area contributed by atoms with Crippen molar-refractivity contribution in [3.05, 3.63) is 0 Å². The van der Waals surface area contributed by atoms with Crippen LogP contribution >= 0.6 is 8.03 Å². The van der Waals surface area contributed by atoms with E-state index >= 15 is 0 Å². The van der Waals surface area contributed by atoms with Crippen molar-refractivity contribution in [1.29, 1.82) is 5.26 Å². The number of hydrogen-bond acceptors (Lipinski definition) is 6. The molecule has 0 N–H and O–H groups in total. The van der Waals surface area contributed by atoms with E-state index in [4.69, 9.17) is 9.79 Å². The maximum Gasteiger partial charge on any atom is 0.558 e. The number of hydrogen-bond donors (Lipinski definition) is 0. The van der Waals surface area contributed by atoms with Crippen LogP contribution in [0.5, 0.6) is 0 Å². The lowest BCUT2D eigenvalue weighted by atomic mass is 10.5. The zero-order chi connectivity index (χ0) is 11.4. The van der Waals surface area contributed by atoms with Gasteiger partial charge in [-0.25, -0.2) is 4.18 Å². The fraction of sp³-hybridized carbons (Fsp3) is 0.833. The van der Waals surface area contributed by atoms with Crippen LogP contribution in [0.25, 0.3) is 0 Å². The van der Waals surface area contributed by atoms with E-state index in [1.54, 1.807) is 13.8 Å². The van der Waals surface area contributed by atoms with Gasteiger partial charge in [0.15, 0.2) is 6.07 Å². The van der Waals surface area contributed by atoms with Gasteiger partial charge in [-0.1, -0.05) is 0 Å². The van der Waals surface area contributed by atoms with Gasteiger partial charge in [-0.05, 0) is 18.4 Å². The molecule has 14 heavy (non-hydrogen) atoms. The van der Waals surface area contributed by atoms with Crippen LogP contribution in [0.4, 0.5) is 0 Å². The third kappa shape index (κ3) is 6.00. The maximum atomic E-state index is 11.2. The zero-order valence-corrected chi connectivity index (χ0v) is 9.71. The lowest BCUT2D eigenvalue weighted by Crippen LogP contribution is -2.14. The molecule has 0 aromatic carbocycles. The van der Waals surface area contributed by atoms with E-state index in [1.807, 2.05) is 0 Å². The smallest absolute Gasteiger partial charge is 0.201 e. The van der Waals surface area contributed by atoms with E-state index in [2.05, 4.69) is 4.18 Å². The lowest BCUT2D eigenvalue weighted by molar-refractivity contribution is 0.228. The first-order chi connectivity index (χ1) is 6.26. The highest BCUT2D eigenvalue weighted by atomic mass is 32.2. The molecule has 0 saturated heterocycles. The molecule has 0 fully saturated rings. The Morgan fingerprint density at radius 2 is 1.93 bits per heavy atom. The summed E-state index contributed by atoms with van der Waals surface area (Å²) < 4.78 is 41.4. The maximum absolute atomic E-state index is 11.2. The Labute approximate surface area is 83.8 Å². The summed E-state index contributed by atoms with van der Waals surface area (Å²) in [6, 6.07) is 1.45. The number of nitrogens with zero attached hydrogens (tertiary/aromatic N) is 1. The van der Waals surface area contributed by atoms with Gasteiger partial charge in [0.2, 0.25) is 0 Å². The predicted octanol–water partition coefficient (Wildman–Crippen LogP) is 0.980. The van der Waals surface area contributed by atoms with Crippen molar-refractivity contribution in [1.82, 2.24) is 0 Å². The molecule has 0 saturated carbocycles. The van der Waals surface area contributed by atoms with Gasteiger partial charge in [0.25, 0.3) is 10.1 Å². The van der Waals surface area contributed by atoms with E-state index in [-0.39, 0.29) is 6.10 Å². The molecule has 0 aromatic heterocycles. The monoisotopic (exact) mass is 240 g/mol. The topological polar surface area (TPSA) is 93.5 Å². The molecular formula is C6H11NO5PS+. The van der Waals surface area contributed by atoms with E-state index in [1.165, 1.54) is 6.07 Å². The second-order valence-corrected chi connectivity index (χ2v) is 5.57. The SMILES string of the molecule is CC(C)O[P+](=O)C(C#N)OS(C)(=O)=O. The predicted molar refractivity (Wildman–Crippen MR) is 49.2 cm³/mol. The third-order valence-corrected chi connectivity index (χ3v) is 2.80. The molecule has 8 heteroatoms. The summed E-state index contributed by atoms with van der Waals surface area (Å²) in [6.45, 7) is 3.23. The number of rotatable bonds is 5. The molecule has 0 aliphatic rings. The first-order valence-corrected chi connectivity index (χ1v) is 6.73. The molecule has 0 aliphatic heterocycles. The van der Waals surface area contributed by atoms with Crippen molar-refractivity contribution < 1.29 is 21.7 Å². The minimum atomic E-state index is -3.80. The van der Waals surface area contributed by atoms with Gasteiger partial charge in [-0.2, -0.15) is 13.7 Å². The molecule has 80 valence electrons. The average molecular weight is 240 g/mol. The van der Waals surface area contributed by atoms with Crippen LogP contribution in [0.3, 0.4) is 0 Å². The molecular weight excluding hydrogens is 229 g/mol. The summed E-state index contributed by atoms with van der Waals surface area (Å²) in [4.78, 5) is 0. The first-order valence-electron chi connectivity index (χ1n) is 3.67. The highest BCUT2D eigenvalue weighted by Crippen LogP contribution is 2.32. The summed E-state index contributed by atoms with van der Waals surface area (Å²) in [5, 5.41) is 8.47. The molecule has 0 radical (unpaired) electrons. The largest absolute Gasteiger partial charge is 0.558 e. The molecule has 0 rings (SSSR count). The third-order valence-electron chi connectivity index (χ3n) is 0.883. The molecule has 0 aromatic rings. The van der Waals surface area contributed by atoms with Crippen LogP contribution in [-0.4, -0.2) is 26.6 Å². The van der Waals surface area contributed by atoms with Crippen molar-refractivity contribution in [3.63, 3.8) is 0 Å². The van der Waals surface area contributed by atoms with Crippen molar-refractivity contribution in [2.24, 2.45) is 0 Å². The van der Waals surface area contributed by atoms with Crippen molar-refractivity contribution in [2.75, 3.05) is 6.26 Å². The Balaban J connectivity index is 4.45. The minimum absolute atomic E-state index is 0.363. The summed E-state index contributed by atoms with van der Waals surface area (Å²) in [5.74, 6) is -1.58. The molecule has 2 atom stereocenters. The van der Waals surface area contributed by atoms with Crippen LogP contribution in [0.2, 0.25) is 0 Å². The van der Waals surface area contributed by atoms with Crippen LogP contribution < -0.4 is 0 Å². The molecule has 0 amide bonds. The Morgan fingerprint density at radius 1 is 1.43 bits per heavy atom. The molecule has 0 aliphatic carbocycles. The summed E-state index contributed by atoms with van der Waals surface area (Å²) >= 11 is 0. The van der Waals surface area contributed by atoms with E-state index in [0.29, 0.717) is 0 Å². The normalized spacial score (nSPS) is 14.9. The highest BCUT2D eigenvalue weighted by Gasteiger charge is 2.38.